The van der Waals surface area contributed by atoms with Crippen molar-refractivity contribution in [2.75, 3.05) is 0 Å². The Bertz CT molecular complexity index is 777. The van der Waals surface area contributed by atoms with E-state index < -0.39 is 0 Å². The first-order valence-electron chi connectivity index (χ1n) is 5.63. The van der Waals surface area contributed by atoms with Gasteiger partial charge in [-0.25, -0.2) is 0 Å². The number of para-hydroxylation sites is 1. The van der Waals surface area contributed by atoms with Gasteiger partial charge in [0.25, 0.3) is 0 Å². The molecule has 0 fully saturated rings. The molecule has 0 saturated heterocycles. The lowest BCUT2D eigenvalue weighted by molar-refractivity contribution is 0.101. The van der Waals surface area contributed by atoms with Gasteiger partial charge in [0.05, 0.1) is 4.47 Å². The molecule has 0 amide bonds. The van der Waals surface area contributed by atoms with E-state index in [1.165, 1.54) is 0 Å². The van der Waals surface area contributed by atoms with Gasteiger partial charge in [0, 0.05) is 16.0 Å². The van der Waals surface area contributed by atoms with Crippen molar-refractivity contribution in [3.63, 3.8) is 0 Å². The van der Waals surface area contributed by atoms with E-state index >= 15 is 0 Å². The molecule has 0 N–H and O–H groups in total. The average molecular weight is 336 g/mol. The van der Waals surface area contributed by atoms with Gasteiger partial charge in [-0.2, -0.15) is 0 Å². The van der Waals surface area contributed by atoms with Crippen LogP contribution in [0.25, 0.3) is 11.0 Å². The lowest BCUT2D eigenvalue weighted by Crippen LogP contribution is -1.98. The molecular formula is C15H8BrClO2. The van der Waals surface area contributed by atoms with E-state index in [0.29, 0.717) is 21.9 Å². The van der Waals surface area contributed by atoms with Crippen molar-refractivity contribution in [3.05, 3.63) is 69.3 Å². The van der Waals surface area contributed by atoms with E-state index in [9.17, 15) is 4.79 Å². The minimum Gasteiger partial charge on any atom is -0.451 e. The van der Waals surface area contributed by atoms with Gasteiger partial charge in [-0.15, -0.1) is 0 Å². The number of halogens is 2. The van der Waals surface area contributed by atoms with Crippen LogP contribution in [0.2, 0.25) is 5.02 Å². The lowest BCUT2D eigenvalue weighted by Gasteiger charge is -1.97. The summed E-state index contributed by atoms with van der Waals surface area (Å²) in [7, 11) is 0. The van der Waals surface area contributed by atoms with Crippen LogP contribution >= 0.6 is 27.5 Å². The largest absolute Gasteiger partial charge is 0.451 e. The van der Waals surface area contributed by atoms with Crippen molar-refractivity contribution in [3.8, 4) is 0 Å². The Morgan fingerprint density at radius 2 is 1.89 bits per heavy atom. The summed E-state index contributed by atoms with van der Waals surface area (Å²) in [4.78, 5) is 12.3. The van der Waals surface area contributed by atoms with E-state index in [1.807, 2.05) is 18.2 Å². The highest BCUT2D eigenvalue weighted by atomic mass is 79.9. The van der Waals surface area contributed by atoms with E-state index in [2.05, 4.69) is 15.9 Å². The SMILES string of the molecule is O=C(c1cccc(Cl)c1)c1cc2cccc(Br)c2o1. The average Bonchev–Trinajstić information content (AvgIpc) is 2.83. The van der Waals surface area contributed by atoms with Gasteiger partial charge in [-0.3, -0.25) is 4.79 Å². The number of hydrogen-bond donors (Lipinski definition) is 0. The second-order valence-electron chi connectivity index (χ2n) is 4.11. The summed E-state index contributed by atoms with van der Waals surface area (Å²) in [5.74, 6) is 0.134. The standard InChI is InChI=1S/C15H8BrClO2/c16-12-6-2-4-10-8-13(19-15(10)12)14(18)9-3-1-5-11(17)7-9/h1-8H. The maximum absolute atomic E-state index is 12.3. The quantitative estimate of drug-likeness (QED) is 0.611. The summed E-state index contributed by atoms with van der Waals surface area (Å²) in [6, 6.07) is 14.2. The fraction of sp³-hybridized carbons (Fsp3) is 0. The molecule has 1 heterocycles. The molecule has 0 saturated carbocycles. The van der Waals surface area contributed by atoms with Crippen LogP contribution in [0.3, 0.4) is 0 Å². The predicted molar refractivity (Wildman–Crippen MR) is 78.8 cm³/mol. The number of carbonyl (C=O) groups excluding carboxylic acids is 1. The highest BCUT2D eigenvalue weighted by molar-refractivity contribution is 9.10. The molecular weight excluding hydrogens is 328 g/mol. The van der Waals surface area contributed by atoms with Crippen LogP contribution in [-0.4, -0.2) is 5.78 Å². The molecule has 0 unspecified atom stereocenters. The number of rotatable bonds is 2. The molecule has 0 atom stereocenters. The first-order chi connectivity index (χ1) is 9.15. The summed E-state index contributed by atoms with van der Waals surface area (Å²) in [6.07, 6.45) is 0. The summed E-state index contributed by atoms with van der Waals surface area (Å²) >= 11 is 9.29. The van der Waals surface area contributed by atoms with Crippen molar-refractivity contribution in [2.24, 2.45) is 0 Å². The highest BCUT2D eigenvalue weighted by Gasteiger charge is 2.15. The Labute approximate surface area is 123 Å². The van der Waals surface area contributed by atoms with E-state index in [4.69, 9.17) is 16.0 Å². The van der Waals surface area contributed by atoms with Gasteiger partial charge in [0.2, 0.25) is 5.78 Å². The van der Waals surface area contributed by atoms with Gasteiger partial charge in [-0.1, -0.05) is 35.9 Å². The number of carbonyl (C=O) groups is 1. The summed E-state index contributed by atoms with van der Waals surface area (Å²) in [6.45, 7) is 0. The van der Waals surface area contributed by atoms with Crippen molar-refractivity contribution in [1.29, 1.82) is 0 Å². The van der Waals surface area contributed by atoms with Crippen LogP contribution in [0.1, 0.15) is 16.1 Å². The molecule has 0 bridgehead atoms. The topological polar surface area (TPSA) is 30.2 Å². The van der Waals surface area contributed by atoms with Crippen LogP contribution in [0.4, 0.5) is 0 Å². The van der Waals surface area contributed by atoms with Gasteiger partial charge >= 0.3 is 0 Å². The molecule has 19 heavy (non-hydrogen) atoms. The van der Waals surface area contributed by atoms with Crippen LogP contribution in [0, 0.1) is 0 Å². The second-order valence-corrected chi connectivity index (χ2v) is 5.40. The number of benzene rings is 2. The fourth-order valence-corrected chi connectivity index (χ4v) is 2.56. The van der Waals surface area contributed by atoms with Crippen molar-refractivity contribution < 1.29 is 9.21 Å². The van der Waals surface area contributed by atoms with Crippen molar-refractivity contribution in [1.82, 2.24) is 0 Å². The Balaban J connectivity index is 2.09. The third-order valence-corrected chi connectivity index (χ3v) is 3.67. The van der Waals surface area contributed by atoms with Crippen LogP contribution < -0.4 is 0 Å². The third kappa shape index (κ3) is 2.31. The summed E-state index contributed by atoms with van der Waals surface area (Å²) < 4.78 is 6.44. The minimum absolute atomic E-state index is 0.175. The number of hydrogen-bond acceptors (Lipinski definition) is 2. The monoisotopic (exact) mass is 334 g/mol. The zero-order chi connectivity index (χ0) is 13.4. The molecule has 0 aliphatic heterocycles. The molecule has 0 aliphatic carbocycles. The van der Waals surface area contributed by atoms with E-state index in [1.54, 1.807) is 30.3 Å². The highest BCUT2D eigenvalue weighted by Crippen LogP contribution is 2.28. The van der Waals surface area contributed by atoms with Gasteiger partial charge in [0.1, 0.15) is 5.58 Å². The van der Waals surface area contributed by atoms with Crippen LogP contribution in [0.15, 0.2) is 57.4 Å². The second kappa shape index (κ2) is 4.83. The Morgan fingerprint density at radius 1 is 1.11 bits per heavy atom. The normalized spacial score (nSPS) is 10.8. The van der Waals surface area contributed by atoms with Crippen molar-refractivity contribution in [2.45, 2.75) is 0 Å². The zero-order valence-electron chi connectivity index (χ0n) is 9.69. The molecule has 1 aromatic heterocycles. The third-order valence-electron chi connectivity index (χ3n) is 2.81. The Hall–Kier alpha value is -1.58. The van der Waals surface area contributed by atoms with Crippen LogP contribution in [-0.2, 0) is 0 Å². The molecule has 3 aromatic rings. The van der Waals surface area contributed by atoms with Crippen LogP contribution in [0.5, 0.6) is 0 Å². The van der Waals surface area contributed by atoms with Crippen molar-refractivity contribution >= 4 is 44.3 Å². The molecule has 3 rings (SSSR count). The number of ketones is 1. The maximum atomic E-state index is 12.3. The molecule has 4 heteroatoms. The molecule has 0 aliphatic rings. The summed E-state index contributed by atoms with van der Waals surface area (Å²) in [5.41, 5.74) is 1.19. The smallest absolute Gasteiger partial charge is 0.228 e. The van der Waals surface area contributed by atoms with E-state index in [-0.39, 0.29) is 5.78 Å². The minimum atomic E-state index is -0.175. The Morgan fingerprint density at radius 3 is 2.63 bits per heavy atom. The first kappa shape index (κ1) is 12.5. The molecule has 2 nitrogen and oxygen atoms in total. The maximum Gasteiger partial charge on any atom is 0.228 e. The van der Waals surface area contributed by atoms with Gasteiger partial charge in [-0.05, 0) is 40.2 Å². The molecule has 0 radical (unpaired) electrons. The number of fused-ring (bicyclic) bond motifs is 1. The number of furan rings is 1. The van der Waals surface area contributed by atoms with Gasteiger partial charge in [0.15, 0.2) is 5.76 Å². The summed E-state index contributed by atoms with van der Waals surface area (Å²) in [5, 5.41) is 1.42. The molecule has 2 aromatic carbocycles. The Kier molecular flexibility index (Phi) is 3.17. The van der Waals surface area contributed by atoms with Gasteiger partial charge < -0.3 is 4.42 Å². The van der Waals surface area contributed by atoms with E-state index in [0.717, 1.165) is 9.86 Å². The lowest BCUT2D eigenvalue weighted by atomic mass is 10.1. The predicted octanol–water partition coefficient (Wildman–Crippen LogP) is 5.08. The fourth-order valence-electron chi connectivity index (χ4n) is 1.91. The first-order valence-corrected chi connectivity index (χ1v) is 6.80. The molecule has 94 valence electrons. The zero-order valence-corrected chi connectivity index (χ0v) is 12.0. The molecule has 0 spiro atoms.